The molecule has 1 aromatic heterocycles. The molecular formula is C14H15N3O. The van der Waals surface area contributed by atoms with Crippen molar-refractivity contribution in [3.8, 4) is 0 Å². The number of aromatic nitrogens is 1. The van der Waals surface area contributed by atoms with Gasteiger partial charge >= 0.3 is 0 Å². The van der Waals surface area contributed by atoms with Crippen molar-refractivity contribution < 1.29 is 4.79 Å². The van der Waals surface area contributed by atoms with Gasteiger partial charge in [-0.25, -0.2) is 0 Å². The van der Waals surface area contributed by atoms with Crippen LogP contribution in [0.3, 0.4) is 0 Å². The van der Waals surface area contributed by atoms with E-state index in [1.807, 2.05) is 24.3 Å². The maximum atomic E-state index is 11.2. The molecule has 3 N–H and O–H groups in total. The molecule has 0 bridgehead atoms. The first kappa shape index (κ1) is 12.1. The van der Waals surface area contributed by atoms with Crippen LogP contribution in [0.1, 0.15) is 23.0 Å². The van der Waals surface area contributed by atoms with E-state index in [9.17, 15) is 4.79 Å². The minimum atomic E-state index is -0.0243. The molecule has 0 unspecified atom stereocenters. The number of hydrogen-bond acceptors (Lipinski definition) is 4. The highest BCUT2D eigenvalue weighted by molar-refractivity contribution is 5.99. The molecule has 4 heteroatoms. The SMILES string of the molecule is CC(=O)c1ccc(NCc2ccccn2)cc1N. The molecule has 0 aliphatic rings. The van der Waals surface area contributed by atoms with Crippen molar-refractivity contribution in [1.82, 2.24) is 4.98 Å². The normalized spacial score (nSPS) is 10.1. The van der Waals surface area contributed by atoms with Crippen LogP contribution in [0.25, 0.3) is 0 Å². The summed E-state index contributed by atoms with van der Waals surface area (Å²) in [5.41, 5.74) is 8.69. The summed E-state index contributed by atoms with van der Waals surface area (Å²) in [6.45, 7) is 2.13. The molecule has 0 spiro atoms. The lowest BCUT2D eigenvalue weighted by Gasteiger charge is -2.08. The van der Waals surface area contributed by atoms with Gasteiger partial charge in [-0.05, 0) is 37.3 Å². The van der Waals surface area contributed by atoms with E-state index in [1.165, 1.54) is 6.92 Å². The molecule has 0 saturated heterocycles. The summed E-state index contributed by atoms with van der Waals surface area (Å²) in [7, 11) is 0. The van der Waals surface area contributed by atoms with Crippen LogP contribution in [-0.2, 0) is 6.54 Å². The maximum absolute atomic E-state index is 11.2. The van der Waals surface area contributed by atoms with Gasteiger partial charge in [0.25, 0.3) is 0 Å². The Balaban J connectivity index is 2.07. The van der Waals surface area contributed by atoms with Crippen LogP contribution in [-0.4, -0.2) is 10.8 Å². The second-order valence-corrected chi connectivity index (χ2v) is 4.03. The summed E-state index contributed by atoms with van der Waals surface area (Å²) in [5.74, 6) is -0.0243. The first-order valence-corrected chi connectivity index (χ1v) is 5.71. The molecule has 0 saturated carbocycles. The van der Waals surface area contributed by atoms with Crippen molar-refractivity contribution in [2.75, 3.05) is 11.1 Å². The van der Waals surface area contributed by atoms with Gasteiger partial charge in [-0.2, -0.15) is 0 Å². The Morgan fingerprint density at radius 2 is 2.17 bits per heavy atom. The molecular weight excluding hydrogens is 226 g/mol. The Bertz CT molecular complexity index is 552. The molecule has 2 aromatic rings. The number of rotatable bonds is 4. The number of anilines is 2. The van der Waals surface area contributed by atoms with E-state index >= 15 is 0 Å². The number of nitrogens with one attached hydrogen (secondary N) is 1. The van der Waals surface area contributed by atoms with Crippen LogP contribution in [0.2, 0.25) is 0 Å². The van der Waals surface area contributed by atoms with E-state index in [-0.39, 0.29) is 5.78 Å². The molecule has 4 nitrogen and oxygen atoms in total. The van der Waals surface area contributed by atoms with Crippen molar-refractivity contribution >= 4 is 17.2 Å². The molecule has 1 heterocycles. The number of carbonyl (C=O) groups excluding carboxylic acids is 1. The first-order chi connectivity index (χ1) is 8.66. The van der Waals surface area contributed by atoms with Crippen LogP contribution in [0, 0.1) is 0 Å². The molecule has 2 rings (SSSR count). The predicted molar refractivity (Wildman–Crippen MR) is 72.4 cm³/mol. The highest BCUT2D eigenvalue weighted by Crippen LogP contribution is 2.18. The number of carbonyl (C=O) groups is 1. The Morgan fingerprint density at radius 1 is 1.33 bits per heavy atom. The standard InChI is InChI=1S/C14H15N3O/c1-10(18)13-6-5-11(8-14(13)15)17-9-12-4-2-3-7-16-12/h2-8,17H,9,15H2,1H3. The van der Waals surface area contributed by atoms with Crippen molar-refractivity contribution in [3.05, 3.63) is 53.9 Å². The molecule has 1 aromatic carbocycles. The van der Waals surface area contributed by atoms with Crippen molar-refractivity contribution in [2.45, 2.75) is 13.5 Å². The highest BCUT2D eigenvalue weighted by atomic mass is 16.1. The summed E-state index contributed by atoms with van der Waals surface area (Å²) in [6.07, 6.45) is 1.75. The summed E-state index contributed by atoms with van der Waals surface area (Å²) in [6, 6.07) is 11.1. The van der Waals surface area contributed by atoms with E-state index in [0.717, 1.165) is 11.4 Å². The quantitative estimate of drug-likeness (QED) is 0.637. The fourth-order valence-corrected chi connectivity index (χ4v) is 1.69. The minimum absolute atomic E-state index is 0.0243. The number of nitrogens with zero attached hydrogens (tertiary/aromatic N) is 1. The highest BCUT2D eigenvalue weighted by Gasteiger charge is 2.05. The van der Waals surface area contributed by atoms with Crippen LogP contribution < -0.4 is 11.1 Å². The van der Waals surface area contributed by atoms with Gasteiger partial charge in [-0.15, -0.1) is 0 Å². The Morgan fingerprint density at radius 3 is 2.78 bits per heavy atom. The number of pyridine rings is 1. The zero-order valence-corrected chi connectivity index (χ0v) is 10.2. The lowest BCUT2D eigenvalue weighted by Crippen LogP contribution is -2.04. The van der Waals surface area contributed by atoms with Crippen molar-refractivity contribution in [3.63, 3.8) is 0 Å². The van der Waals surface area contributed by atoms with E-state index in [4.69, 9.17) is 5.73 Å². The lowest BCUT2D eigenvalue weighted by atomic mass is 10.1. The van der Waals surface area contributed by atoms with Gasteiger partial charge in [-0.3, -0.25) is 9.78 Å². The van der Waals surface area contributed by atoms with Gasteiger partial charge in [-0.1, -0.05) is 6.07 Å². The third-order valence-electron chi connectivity index (χ3n) is 2.63. The minimum Gasteiger partial charge on any atom is -0.398 e. The molecule has 0 radical (unpaired) electrons. The van der Waals surface area contributed by atoms with Crippen LogP contribution in [0.15, 0.2) is 42.6 Å². The molecule has 0 aliphatic carbocycles. The number of nitrogens with two attached hydrogens (primary N) is 1. The lowest BCUT2D eigenvalue weighted by molar-refractivity contribution is 0.101. The number of benzene rings is 1. The van der Waals surface area contributed by atoms with E-state index < -0.39 is 0 Å². The summed E-state index contributed by atoms with van der Waals surface area (Å²) in [4.78, 5) is 15.5. The van der Waals surface area contributed by atoms with E-state index in [1.54, 1.807) is 18.3 Å². The zero-order chi connectivity index (χ0) is 13.0. The summed E-state index contributed by atoms with van der Waals surface area (Å²) >= 11 is 0. The Labute approximate surface area is 106 Å². The van der Waals surface area contributed by atoms with Gasteiger partial charge < -0.3 is 11.1 Å². The summed E-state index contributed by atoms with van der Waals surface area (Å²) in [5, 5.41) is 3.21. The van der Waals surface area contributed by atoms with Gasteiger partial charge in [0.05, 0.1) is 12.2 Å². The molecule has 18 heavy (non-hydrogen) atoms. The molecule has 0 fully saturated rings. The molecule has 0 amide bonds. The number of ketones is 1. The second kappa shape index (κ2) is 5.31. The van der Waals surface area contributed by atoms with Gasteiger partial charge in [0.15, 0.2) is 5.78 Å². The molecule has 0 aliphatic heterocycles. The van der Waals surface area contributed by atoms with Crippen molar-refractivity contribution in [2.24, 2.45) is 0 Å². The second-order valence-electron chi connectivity index (χ2n) is 4.03. The fourth-order valence-electron chi connectivity index (χ4n) is 1.69. The maximum Gasteiger partial charge on any atom is 0.161 e. The predicted octanol–water partition coefficient (Wildman–Crippen LogP) is 2.48. The average molecular weight is 241 g/mol. The topological polar surface area (TPSA) is 68.0 Å². The van der Waals surface area contributed by atoms with Gasteiger partial charge in [0, 0.05) is 23.1 Å². The third kappa shape index (κ3) is 2.85. The number of Topliss-reactive ketones (excluding diaryl/α,β-unsaturated/α-hetero) is 1. The largest absolute Gasteiger partial charge is 0.398 e. The monoisotopic (exact) mass is 241 g/mol. The van der Waals surface area contributed by atoms with E-state index in [2.05, 4.69) is 10.3 Å². The number of hydrogen-bond donors (Lipinski definition) is 2. The summed E-state index contributed by atoms with van der Waals surface area (Å²) < 4.78 is 0. The molecule has 0 atom stereocenters. The Kier molecular flexibility index (Phi) is 3.57. The van der Waals surface area contributed by atoms with Crippen LogP contribution in [0.4, 0.5) is 11.4 Å². The smallest absolute Gasteiger partial charge is 0.161 e. The Hall–Kier alpha value is -2.36. The van der Waals surface area contributed by atoms with E-state index in [0.29, 0.717) is 17.8 Å². The molecule has 92 valence electrons. The van der Waals surface area contributed by atoms with Gasteiger partial charge in [0.2, 0.25) is 0 Å². The zero-order valence-electron chi connectivity index (χ0n) is 10.2. The van der Waals surface area contributed by atoms with Crippen LogP contribution in [0.5, 0.6) is 0 Å². The third-order valence-corrected chi connectivity index (χ3v) is 2.63. The van der Waals surface area contributed by atoms with Gasteiger partial charge in [0.1, 0.15) is 0 Å². The van der Waals surface area contributed by atoms with Crippen molar-refractivity contribution in [1.29, 1.82) is 0 Å². The fraction of sp³-hybridized carbons (Fsp3) is 0.143. The van der Waals surface area contributed by atoms with Crippen LogP contribution >= 0.6 is 0 Å². The average Bonchev–Trinajstić information content (AvgIpc) is 2.37. The number of nitrogen functional groups attached to an aromatic ring is 1. The first-order valence-electron chi connectivity index (χ1n) is 5.71.